The fourth-order valence-corrected chi connectivity index (χ4v) is 5.12. The molecule has 208 valence electrons. The van der Waals surface area contributed by atoms with Crippen LogP contribution >= 0.6 is 0 Å². The number of hydrogen-bond donors (Lipinski definition) is 2. The lowest BCUT2D eigenvalue weighted by Crippen LogP contribution is -2.13. The minimum absolute atomic E-state index is 0.278. The molecule has 41 heavy (non-hydrogen) atoms. The zero-order valence-electron chi connectivity index (χ0n) is 23.6. The Balaban J connectivity index is 1.37. The highest BCUT2D eigenvalue weighted by Crippen LogP contribution is 2.32. The van der Waals surface area contributed by atoms with Crippen LogP contribution in [0.15, 0.2) is 61.2 Å². The Kier molecular flexibility index (Phi) is 7.25. The second kappa shape index (κ2) is 11.1. The molecule has 0 unspecified atom stereocenters. The van der Waals surface area contributed by atoms with E-state index in [0.717, 1.165) is 64.7 Å². The molecule has 0 aliphatic carbocycles. The highest BCUT2D eigenvalue weighted by molar-refractivity contribution is 5.96. The van der Waals surface area contributed by atoms with Crippen LogP contribution in [0.1, 0.15) is 17.5 Å². The Morgan fingerprint density at radius 1 is 0.829 bits per heavy atom. The van der Waals surface area contributed by atoms with Crippen molar-refractivity contribution in [1.29, 1.82) is 0 Å². The molecule has 6 aromatic rings. The average Bonchev–Trinajstić information content (AvgIpc) is 3.56. The Bertz CT molecular complexity index is 1840. The summed E-state index contributed by atoms with van der Waals surface area (Å²) in [5.41, 5.74) is 8.06. The third kappa shape index (κ3) is 5.70. The largest absolute Gasteiger partial charge is 0.336 e. The van der Waals surface area contributed by atoms with Crippen molar-refractivity contribution in [3.05, 3.63) is 78.1 Å². The minimum Gasteiger partial charge on any atom is -0.336 e. The molecule has 5 heterocycles. The van der Waals surface area contributed by atoms with Crippen molar-refractivity contribution in [1.82, 2.24) is 44.9 Å². The molecule has 0 fully saturated rings. The van der Waals surface area contributed by atoms with Gasteiger partial charge in [0.2, 0.25) is 0 Å². The number of halogens is 1. The fraction of sp³-hybridized carbons (Fsp3) is 0.258. The molecule has 0 atom stereocenters. The lowest BCUT2D eigenvalue weighted by molar-refractivity contribution is 0.400. The number of aromatic amines is 2. The normalized spacial score (nSPS) is 11.9. The van der Waals surface area contributed by atoms with Crippen molar-refractivity contribution in [2.75, 3.05) is 34.7 Å². The number of aryl methyl sites for hydroxylation is 1. The highest BCUT2D eigenvalue weighted by Gasteiger charge is 2.18. The van der Waals surface area contributed by atoms with Crippen LogP contribution in [-0.2, 0) is 13.0 Å². The Labute approximate surface area is 237 Å². The Morgan fingerprint density at radius 3 is 2.51 bits per heavy atom. The number of rotatable bonds is 9. The number of nitrogens with one attached hydrogen (secondary N) is 2. The van der Waals surface area contributed by atoms with Gasteiger partial charge < -0.3 is 14.8 Å². The van der Waals surface area contributed by atoms with E-state index in [9.17, 15) is 4.39 Å². The van der Waals surface area contributed by atoms with Crippen molar-refractivity contribution >= 4 is 21.9 Å². The van der Waals surface area contributed by atoms with Crippen molar-refractivity contribution in [3.8, 4) is 34.0 Å². The van der Waals surface area contributed by atoms with Gasteiger partial charge in [0.25, 0.3) is 0 Å². The maximum Gasteiger partial charge on any atom is 0.159 e. The second-order valence-corrected chi connectivity index (χ2v) is 10.9. The summed E-state index contributed by atoms with van der Waals surface area (Å²) >= 11 is 0. The zero-order valence-corrected chi connectivity index (χ0v) is 23.6. The molecule has 0 saturated heterocycles. The fourth-order valence-electron chi connectivity index (χ4n) is 5.12. The molecule has 1 aromatic carbocycles. The van der Waals surface area contributed by atoms with Gasteiger partial charge in [-0.15, -0.1) is 0 Å². The SMILES string of the molecule is CN(C)CCCc1cc(F)cc(-c2nccc3[nH]c(-c4n[nH]c5cnc(-c6cncc(CN(C)C)c6)cc45)nc23)c1. The molecule has 0 spiro atoms. The quantitative estimate of drug-likeness (QED) is 0.252. The van der Waals surface area contributed by atoms with E-state index < -0.39 is 0 Å². The van der Waals surface area contributed by atoms with Crippen molar-refractivity contribution < 1.29 is 4.39 Å². The second-order valence-electron chi connectivity index (χ2n) is 10.9. The topological polar surface area (TPSA) is 103 Å². The van der Waals surface area contributed by atoms with Crippen LogP contribution in [0.2, 0.25) is 0 Å². The van der Waals surface area contributed by atoms with Gasteiger partial charge in [-0.3, -0.25) is 20.1 Å². The van der Waals surface area contributed by atoms with Gasteiger partial charge in [-0.1, -0.05) is 0 Å². The Morgan fingerprint density at radius 2 is 1.68 bits per heavy atom. The van der Waals surface area contributed by atoms with Crippen LogP contribution in [0.4, 0.5) is 4.39 Å². The summed E-state index contributed by atoms with van der Waals surface area (Å²) in [6.45, 7) is 1.73. The molecule has 0 saturated carbocycles. The van der Waals surface area contributed by atoms with E-state index >= 15 is 0 Å². The first-order valence-corrected chi connectivity index (χ1v) is 13.6. The summed E-state index contributed by atoms with van der Waals surface area (Å²) in [6, 6.07) is 11.1. The number of aromatic nitrogens is 7. The predicted molar refractivity (Wildman–Crippen MR) is 160 cm³/mol. The predicted octanol–water partition coefficient (Wildman–Crippen LogP) is 5.32. The van der Waals surface area contributed by atoms with E-state index in [2.05, 4.69) is 46.0 Å². The van der Waals surface area contributed by atoms with E-state index in [0.29, 0.717) is 28.3 Å². The molecule has 2 N–H and O–H groups in total. The summed E-state index contributed by atoms with van der Waals surface area (Å²) in [5, 5.41) is 8.52. The van der Waals surface area contributed by atoms with Crippen LogP contribution in [-0.4, -0.2) is 79.7 Å². The molecular formula is C31H32FN9. The molecule has 6 rings (SSSR count). The van der Waals surface area contributed by atoms with E-state index in [4.69, 9.17) is 4.98 Å². The lowest BCUT2D eigenvalue weighted by Gasteiger charge is -2.10. The number of fused-ring (bicyclic) bond motifs is 2. The van der Waals surface area contributed by atoms with Gasteiger partial charge >= 0.3 is 0 Å². The molecule has 0 aliphatic rings. The number of nitrogens with zero attached hydrogens (tertiary/aromatic N) is 7. The minimum atomic E-state index is -0.278. The van der Waals surface area contributed by atoms with Crippen molar-refractivity contribution in [2.24, 2.45) is 0 Å². The molecule has 9 nitrogen and oxygen atoms in total. The van der Waals surface area contributed by atoms with E-state index in [-0.39, 0.29) is 5.82 Å². The number of pyridine rings is 3. The average molecular weight is 550 g/mol. The van der Waals surface area contributed by atoms with Gasteiger partial charge in [0.1, 0.15) is 17.0 Å². The molecule has 0 aliphatic heterocycles. The zero-order chi connectivity index (χ0) is 28.5. The molecule has 10 heteroatoms. The monoisotopic (exact) mass is 549 g/mol. The van der Waals surface area contributed by atoms with E-state index in [1.54, 1.807) is 18.5 Å². The third-order valence-corrected chi connectivity index (χ3v) is 6.96. The lowest BCUT2D eigenvalue weighted by atomic mass is 10.0. The first kappa shape index (κ1) is 26.7. The third-order valence-electron chi connectivity index (χ3n) is 6.96. The van der Waals surface area contributed by atoms with Gasteiger partial charge in [-0.25, -0.2) is 9.37 Å². The first-order valence-electron chi connectivity index (χ1n) is 13.6. The summed E-state index contributed by atoms with van der Waals surface area (Å²) in [6.07, 6.45) is 8.92. The maximum absolute atomic E-state index is 14.7. The Hall–Kier alpha value is -4.54. The van der Waals surface area contributed by atoms with Gasteiger partial charge in [0.05, 0.1) is 28.6 Å². The summed E-state index contributed by atoms with van der Waals surface area (Å²) in [4.78, 5) is 26.2. The van der Waals surface area contributed by atoms with Crippen LogP contribution < -0.4 is 0 Å². The number of imidazole rings is 1. The summed E-state index contributed by atoms with van der Waals surface area (Å²) in [5.74, 6) is 0.319. The highest BCUT2D eigenvalue weighted by atomic mass is 19.1. The maximum atomic E-state index is 14.7. The van der Waals surface area contributed by atoms with Gasteiger partial charge in [-0.05, 0) is 95.1 Å². The van der Waals surface area contributed by atoms with Gasteiger partial charge in [0, 0.05) is 41.6 Å². The van der Waals surface area contributed by atoms with Crippen molar-refractivity contribution in [3.63, 3.8) is 0 Å². The van der Waals surface area contributed by atoms with Crippen LogP contribution in [0.25, 0.3) is 56.0 Å². The molecule has 0 bridgehead atoms. The number of benzene rings is 1. The van der Waals surface area contributed by atoms with E-state index in [1.165, 1.54) is 6.07 Å². The molecule has 0 amide bonds. The summed E-state index contributed by atoms with van der Waals surface area (Å²) in [7, 11) is 8.14. The first-order chi connectivity index (χ1) is 19.8. The van der Waals surface area contributed by atoms with Crippen LogP contribution in [0, 0.1) is 5.82 Å². The van der Waals surface area contributed by atoms with Crippen LogP contribution in [0.5, 0.6) is 0 Å². The standard InChI is InChI=1S/C31H32FN9/c1-40(2)9-5-6-19-10-21(13-23(32)12-19)28-30-25(7-8-34-28)36-31(37-30)29-24-14-26(35-17-27(24)38-39-29)22-11-20(15-33-16-22)18-41(3)4/h7-8,10-17H,5-6,9,18H2,1-4H3,(H,36,37)(H,38,39). The van der Waals surface area contributed by atoms with E-state index in [1.807, 2.05) is 58.8 Å². The van der Waals surface area contributed by atoms with Gasteiger partial charge in [-0.2, -0.15) is 5.10 Å². The smallest absolute Gasteiger partial charge is 0.159 e. The number of H-pyrrole nitrogens is 2. The summed E-state index contributed by atoms with van der Waals surface area (Å²) < 4.78 is 14.7. The number of hydrogen-bond acceptors (Lipinski definition) is 7. The van der Waals surface area contributed by atoms with Crippen molar-refractivity contribution in [2.45, 2.75) is 19.4 Å². The molecular weight excluding hydrogens is 517 g/mol. The molecule has 5 aromatic heterocycles. The molecule has 0 radical (unpaired) electrons. The van der Waals surface area contributed by atoms with Crippen LogP contribution in [0.3, 0.4) is 0 Å². The van der Waals surface area contributed by atoms with Gasteiger partial charge in [0.15, 0.2) is 5.82 Å².